The zero-order chi connectivity index (χ0) is 17.6. The third-order valence-corrected chi connectivity index (χ3v) is 5.52. The van der Waals surface area contributed by atoms with Crippen molar-refractivity contribution in [2.45, 2.75) is 32.1 Å². The van der Waals surface area contributed by atoms with Gasteiger partial charge in [0.05, 0.1) is 5.92 Å². The minimum atomic E-state index is 0.0934. The molecule has 0 bridgehead atoms. The number of likely N-dealkylation sites (tertiary alicyclic amines) is 1. The summed E-state index contributed by atoms with van der Waals surface area (Å²) in [5, 5.41) is 0. The summed E-state index contributed by atoms with van der Waals surface area (Å²) in [5.41, 5.74) is 0. The second-order valence-corrected chi connectivity index (χ2v) is 7.69. The van der Waals surface area contributed by atoms with Crippen molar-refractivity contribution in [2.24, 2.45) is 11.8 Å². The van der Waals surface area contributed by atoms with E-state index in [0.717, 1.165) is 70.3 Å². The topological polar surface area (TPSA) is 52.6 Å². The van der Waals surface area contributed by atoms with Gasteiger partial charge in [0, 0.05) is 38.6 Å². The van der Waals surface area contributed by atoms with Gasteiger partial charge in [0.1, 0.15) is 0 Å². The lowest BCUT2D eigenvalue weighted by molar-refractivity contribution is -0.137. The van der Waals surface area contributed by atoms with Gasteiger partial charge in [-0.25, -0.2) is 9.97 Å². The van der Waals surface area contributed by atoms with Gasteiger partial charge in [-0.1, -0.05) is 0 Å². The number of amides is 1. The van der Waals surface area contributed by atoms with Crippen molar-refractivity contribution < 1.29 is 4.79 Å². The molecule has 0 saturated carbocycles. The molecule has 0 unspecified atom stereocenters. The first-order valence-electron chi connectivity index (χ1n) is 9.59. The highest BCUT2D eigenvalue weighted by Crippen LogP contribution is 2.26. The molecule has 2 aliphatic rings. The van der Waals surface area contributed by atoms with Crippen LogP contribution >= 0.6 is 0 Å². The third-order valence-electron chi connectivity index (χ3n) is 5.52. The van der Waals surface area contributed by atoms with Crippen LogP contribution in [0.4, 0.5) is 5.95 Å². The average Bonchev–Trinajstić information content (AvgIpc) is 2.67. The number of hydrogen-bond acceptors (Lipinski definition) is 5. The van der Waals surface area contributed by atoms with E-state index in [4.69, 9.17) is 0 Å². The Morgan fingerprint density at radius 1 is 1.16 bits per heavy atom. The summed E-state index contributed by atoms with van der Waals surface area (Å²) in [5.74, 6) is 1.96. The maximum atomic E-state index is 13.0. The molecule has 6 heteroatoms. The van der Waals surface area contributed by atoms with Crippen LogP contribution in [-0.4, -0.2) is 72.5 Å². The predicted molar refractivity (Wildman–Crippen MR) is 99.4 cm³/mol. The molecule has 3 heterocycles. The molecule has 1 aromatic rings. The molecule has 0 spiro atoms. The summed E-state index contributed by atoms with van der Waals surface area (Å²) in [6.07, 6.45) is 9.11. The molecule has 0 aromatic carbocycles. The summed E-state index contributed by atoms with van der Waals surface area (Å²) >= 11 is 0. The molecule has 2 aliphatic heterocycles. The summed E-state index contributed by atoms with van der Waals surface area (Å²) in [4.78, 5) is 28.1. The van der Waals surface area contributed by atoms with Crippen molar-refractivity contribution >= 4 is 11.9 Å². The second kappa shape index (κ2) is 8.61. The Hall–Kier alpha value is -1.69. The molecule has 25 heavy (non-hydrogen) atoms. The van der Waals surface area contributed by atoms with Crippen LogP contribution in [0.15, 0.2) is 18.5 Å². The molecule has 0 radical (unpaired) electrons. The van der Waals surface area contributed by atoms with E-state index in [1.54, 1.807) is 12.4 Å². The van der Waals surface area contributed by atoms with Gasteiger partial charge in [-0.2, -0.15) is 0 Å². The van der Waals surface area contributed by atoms with Gasteiger partial charge in [0.15, 0.2) is 0 Å². The van der Waals surface area contributed by atoms with Gasteiger partial charge < -0.3 is 14.7 Å². The van der Waals surface area contributed by atoms with Gasteiger partial charge in [0.2, 0.25) is 11.9 Å². The molecule has 1 amide bonds. The van der Waals surface area contributed by atoms with Crippen LogP contribution in [0.3, 0.4) is 0 Å². The van der Waals surface area contributed by atoms with E-state index in [2.05, 4.69) is 38.8 Å². The van der Waals surface area contributed by atoms with Crippen molar-refractivity contribution in [1.29, 1.82) is 0 Å². The molecule has 0 aliphatic carbocycles. The fourth-order valence-corrected chi connectivity index (χ4v) is 3.96. The monoisotopic (exact) mass is 345 g/mol. The van der Waals surface area contributed by atoms with Crippen LogP contribution in [0.1, 0.15) is 32.1 Å². The number of aromatic nitrogens is 2. The number of nitrogens with zero attached hydrogens (tertiary/aromatic N) is 5. The average molecular weight is 345 g/mol. The highest BCUT2D eigenvalue weighted by molar-refractivity contribution is 5.79. The summed E-state index contributed by atoms with van der Waals surface area (Å²) in [6, 6.07) is 1.83. The van der Waals surface area contributed by atoms with Crippen LogP contribution in [0.2, 0.25) is 0 Å². The summed E-state index contributed by atoms with van der Waals surface area (Å²) < 4.78 is 0. The number of hydrogen-bond donors (Lipinski definition) is 0. The Morgan fingerprint density at radius 3 is 2.56 bits per heavy atom. The van der Waals surface area contributed by atoms with Crippen molar-refractivity contribution in [2.75, 3.05) is 51.7 Å². The molecule has 138 valence electrons. The largest absolute Gasteiger partial charge is 0.342 e. The van der Waals surface area contributed by atoms with Crippen molar-refractivity contribution in [3.05, 3.63) is 18.5 Å². The molecule has 1 aromatic heterocycles. The SMILES string of the molecule is CN(C)CCC1CCN(C(=O)[C@H]2CCCN(c3ncccn3)C2)CC1. The minimum absolute atomic E-state index is 0.0934. The Balaban J connectivity index is 1.50. The van der Waals surface area contributed by atoms with E-state index in [1.165, 1.54) is 6.42 Å². The highest BCUT2D eigenvalue weighted by Gasteiger charge is 2.32. The van der Waals surface area contributed by atoms with Gasteiger partial charge in [-0.15, -0.1) is 0 Å². The van der Waals surface area contributed by atoms with Crippen molar-refractivity contribution in [3.8, 4) is 0 Å². The van der Waals surface area contributed by atoms with Crippen LogP contribution in [0, 0.1) is 11.8 Å². The van der Waals surface area contributed by atoms with Crippen LogP contribution in [0.25, 0.3) is 0 Å². The number of piperidine rings is 2. The van der Waals surface area contributed by atoms with Crippen molar-refractivity contribution in [3.63, 3.8) is 0 Å². The molecule has 1 atom stereocenters. The third kappa shape index (κ3) is 4.91. The van der Waals surface area contributed by atoms with Crippen LogP contribution in [0.5, 0.6) is 0 Å². The standard InChI is InChI=1S/C19H31N5O/c1-22(2)12-6-16-7-13-23(14-8-16)18(25)17-5-3-11-24(15-17)19-20-9-4-10-21-19/h4,9-10,16-17H,3,5-8,11-15H2,1-2H3/t17-/m0/s1. The predicted octanol–water partition coefficient (Wildman–Crippen LogP) is 1.88. The van der Waals surface area contributed by atoms with E-state index in [1.807, 2.05) is 6.07 Å². The van der Waals surface area contributed by atoms with E-state index >= 15 is 0 Å². The fraction of sp³-hybridized carbons (Fsp3) is 0.737. The lowest BCUT2D eigenvalue weighted by Gasteiger charge is -2.38. The first kappa shape index (κ1) is 18.1. The van der Waals surface area contributed by atoms with Crippen LogP contribution in [-0.2, 0) is 4.79 Å². The Morgan fingerprint density at radius 2 is 1.88 bits per heavy atom. The van der Waals surface area contributed by atoms with Gasteiger partial charge in [-0.05, 0) is 64.7 Å². The van der Waals surface area contributed by atoms with Crippen LogP contribution < -0.4 is 4.90 Å². The first-order chi connectivity index (χ1) is 12.1. The molecule has 3 rings (SSSR count). The molecule has 6 nitrogen and oxygen atoms in total. The molecular formula is C19H31N5O. The van der Waals surface area contributed by atoms with E-state index in [9.17, 15) is 4.79 Å². The van der Waals surface area contributed by atoms with Gasteiger partial charge in [0.25, 0.3) is 0 Å². The first-order valence-corrected chi connectivity index (χ1v) is 9.59. The minimum Gasteiger partial charge on any atom is -0.342 e. The van der Waals surface area contributed by atoms with Gasteiger partial charge >= 0.3 is 0 Å². The Labute approximate surface area is 151 Å². The zero-order valence-corrected chi connectivity index (χ0v) is 15.6. The molecule has 2 fully saturated rings. The van der Waals surface area contributed by atoms with Gasteiger partial charge in [-0.3, -0.25) is 4.79 Å². The Bertz CT molecular complexity index is 542. The summed E-state index contributed by atoms with van der Waals surface area (Å²) in [7, 11) is 4.26. The lowest BCUT2D eigenvalue weighted by Crippen LogP contribution is -2.47. The molecule has 0 N–H and O–H groups in total. The zero-order valence-electron chi connectivity index (χ0n) is 15.6. The Kier molecular flexibility index (Phi) is 6.24. The highest BCUT2D eigenvalue weighted by atomic mass is 16.2. The number of rotatable bonds is 5. The summed E-state index contributed by atoms with van der Waals surface area (Å²) in [6.45, 7) is 4.70. The van der Waals surface area contributed by atoms with E-state index in [0.29, 0.717) is 5.91 Å². The number of carbonyl (C=O) groups excluding carboxylic acids is 1. The fourth-order valence-electron chi connectivity index (χ4n) is 3.96. The van der Waals surface area contributed by atoms with E-state index in [-0.39, 0.29) is 5.92 Å². The number of anilines is 1. The van der Waals surface area contributed by atoms with E-state index < -0.39 is 0 Å². The molecular weight excluding hydrogens is 314 g/mol. The normalized spacial score (nSPS) is 22.4. The smallest absolute Gasteiger partial charge is 0.227 e. The maximum absolute atomic E-state index is 13.0. The maximum Gasteiger partial charge on any atom is 0.227 e. The lowest BCUT2D eigenvalue weighted by atomic mass is 9.91. The second-order valence-electron chi connectivity index (χ2n) is 7.69. The quantitative estimate of drug-likeness (QED) is 0.816. The van der Waals surface area contributed by atoms with Crippen molar-refractivity contribution in [1.82, 2.24) is 19.8 Å². The number of carbonyl (C=O) groups is 1. The molecule has 2 saturated heterocycles.